The predicted octanol–water partition coefficient (Wildman–Crippen LogP) is 1.46. The molecule has 1 rings (SSSR count). The van der Waals surface area contributed by atoms with Crippen LogP contribution in [0.2, 0.25) is 5.02 Å². The predicted molar refractivity (Wildman–Crippen MR) is 58.9 cm³/mol. The van der Waals surface area contributed by atoms with Crippen molar-refractivity contribution in [3.63, 3.8) is 0 Å². The number of aromatic nitrogens is 1. The van der Waals surface area contributed by atoms with Crippen LogP contribution in [0.1, 0.15) is 19.3 Å². The number of aromatic hydroxyl groups is 1. The minimum absolute atomic E-state index is 0.0707. The second kappa shape index (κ2) is 5.55. The molecule has 6 heteroatoms. The summed E-state index contributed by atoms with van der Waals surface area (Å²) >= 11 is 5.67. The Morgan fingerprint density at radius 1 is 1.44 bits per heavy atom. The van der Waals surface area contributed by atoms with Gasteiger partial charge in [-0.15, -0.1) is 0 Å². The lowest BCUT2D eigenvalue weighted by Gasteiger charge is -2.05. The molecule has 0 atom stereocenters. The number of carboxylic acid groups (broad SMARTS) is 1. The molecule has 0 amide bonds. The summed E-state index contributed by atoms with van der Waals surface area (Å²) in [4.78, 5) is 21.6. The number of carboxylic acids is 1. The van der Waals surface area contributed by atoms with E-state index in [0.29, 0.717) is 19.4 Å². The maximum Gasteiger partial charge on any atom is 0.303 e. The van der Waals surface area contributed by atoms with E-state index in [4.69, 9.17) is 16.7 Å². The third-order valence-corrected chi connectivity index (χ3v) is 2.28. The van der Waals surface area contributed by atoms with Gasteiger partial charge < -0.3 is 14.8 Å². The first-order valence-corrected chi connectivity index (χ1v) is 5.19. The van der Waals surface area contributed by atoms with Crippen LogP contribution in [0.3, 0.4) is 0 Å². The molecule has 0 radical (unpaired) electrons. The standard InChI is InChI=1S/C10H12ClNO4/c11-7-5-8(13)10(16)12(6-7)4-2-1-3-9(14)15/h5-6,13H,1-4H2,(H,14,15). The molecule has 0 bridgehead atoms. The molecule has 1 aromatic rings. The molecule has 0 aliphatic rings. The van der Waals surface area contributed by atoms with Gasteiger partial charge in [-0.05, 0) is 12.8 Å². The smallest absolute Gasteiger partial charge is 0.303 e. The van der Waals surface area contributed by atoms with Gasteiger partial charge in [0.05, 0.1) is 5.02 Å². The summed E-state index contributed by atoms with van der Waals surface area (Å²) in [6, 6.07) is 1.18. The quantitative estimate of drug-likeness (QED) is 0.770. The topological polar surface area (TPSA) is 79.5 Å². The van der Waals surface area contributed by atoms with Gasteiger partial charge in [-0.1, -0.05) is 11.6 Å². The van der Waals surface area contributed by atoms with E-state index in [9.17, 15) is 14.7 Å². The van der Waals surface area contributed by atoms with E-state index < -0.39 is 17.3 Å². The Bertz CT molecular complexity index is 441. The molecule has 2 N–H and O–H groups in total. The van der Waals surface area contributed by atoms with Crippen LogP contribution in [0, 0.1) is 0 Å². The fraction of sp³-hybridized carbons (Fsp3) is 0.400. The number of aliphatic carboxylic acids is 1. The summed E-state index contributed by atoms with van der Waals surface area (Å²) in [5.74, 6) is -1.26. The van der Waals surface area contributed by atoms with E-state index in [1.165, 1.54) is 16.8 Å². The summed E-state index contributed by atoms with van der Waals surface area (Å²) in [6.45, 7) is 0.347. The van der Waals surface area contributed by atoms with Crippen molar-refractivity contribution in [2.45, 2.75) is 25.8 Å². The molecule has 0 unspecified atom stereocenters. The molecule has 0 aromatic carbocycles. The van der Waals surface area contributed by atoms with Gasteiger partial charge in [0, 0.05) is 25.2 Å². The summed E-state index contributed by atoms with van der Waals surface area (Å²) in [5, 5.41) is 17.9. The lowest BCUT2D eigenvalue weighted by atomic mass is 10.2. The van der Waals surface area contributed by atoms with Gasteiger partial charge in [-0.3, -0.25) is 9.59 Å². The van der Waals surface area contributed by atoms with Crippen molar-refractivity contribution in [3.05, 3.63) is 27.6 Å². The molecule has 1 aromatic heterocycles. The summed E-state index contributed by atoms with van der Waals surface area (Å²) < 4.78 is 1.28. The fourth-order valence-corrected chi connectivity index (χ4v) is 1.53. The van der Waals surface area contributed by atoms with Gasteiger partial charge in [0.15, 0.2) is 5.75 Å². The maximum absolute atomic E-state index is 11.4. The molecule has 0 aliphatic heterocycles. The Morgan fingerprint density at radius 3 is 2.75 bits per heavy atom. The van der Waals surface area contributed by atoms with Gasteiger partial charge >= 0.3 is 5.97 Å². The van der Waals surface area contributed by atoms with Crippen molar-refractivity contribution in [2.24, 2.45) is 0 Å². The van der Waals surface area contributed by atoms with Gasteiger partial charge in [0.1, 0.15) is 0 Å². The Labute approximate surface area is 96.9 Å². The Balaban J connectivity index is 2.60. The second-order valence-electron chi connectivity index (χ2n) is 3.39. The van der Waals surface area contributed by atoms with Crippen LogP contribution in [0.25, 0.3) is 0 Å². The first-order valence-electron chi connectivity index (χ1n) is 4.81. The molecule has 0 spiro atoms. The maximum atomic E-state index is 11.4. The summed E-state index contributed by atoms with van der Waals surface area (Å²) in [6.07, 6.45) is 2.52. The van der Waals surface area contributed by atoms with Crippen LogP contribution in [0.15, 0.2) is 17.1 Å². The molecule has 5 nitrogen and oxygen atoms in total. The average Bonchev–Trinajstić information content (AvgIpc) is 2.19. The van der Waals surface area contributed by atoms with E-state index in [1.54, 1.807) is 0 Å². The first kappa shape index (κ1) is 12.6. The van der Waals surface area contributed by atoms with Crippen molar-refractivity contribution in [1.29, 1.82) is 0 Å². The SMILES string of the molecule is O=C(O)CCCCn1cc(Cl)cc(O)c1=O. The van der Waals surface area contributed by atoms with Crippen molar-refractivity contribution >= 4 is 17.6 Å². The zero-order valence-corrected chi connectivity index (χ0v) is 9.28. The highest BCUT2D eigenvalue weighted by Gasteiger charge is 2.04. The number of nitrogens with zero attached hydrogens (tertiary/aromatic N) is 1. The number of carbonyl (C=O) groups is 1. The van der Waals surface area contributed by atoms with E-state index in [2.05, 4.69) is 0 Å². The molecule has 0 saturated carbocycles. The minimum atomic E-state index is -0.860. The van der Waals surface area contributed by atoms with Crippen LogP contribution in [0.5, 0.6) is 5.75 Å². The van der Waals surface area contributed by atoms with Crippen molar-refractivity contribution in [2.75, 3.05) is 0 Å². The molecule has 0 aliphatic carbocycles. The van der Waals surface area contributed by atoms with Crippen molar-refractivity contribution < 1.29 is 15.0 Å². The number of halogens is 1. The fourth-order valence-electron chi connectivity index (χ4n) is 1.31. The third kappa shape index (κ3) is 3.58. The molecule has 1 heterocycles. The van der Waals surface area contributed by atoms with Crippen LogP contribution in [0.4, 0.5) is 0 Å². The molecule has 16 heavy (non-hydrogen) atoms. The molecule has 88 valence electrons. The monoisotopic (exact) mass is 245 g/mol. The summed E-state index contributed by atoms with van der Waals surface area (Å²) in [5.41, 5.74) is -0.514. The number of unbranched alkanes of at least 4 members (excludes halogenated alkanes) is 1. The van der Waals surface area contributed by atoms with Gasteiger partial charge in [-0.2, -0.15) is 0 Å². The van der Waals surface area contributed by atoms with Crippen LogP contribution < -0.4 is 5.56 Å². The average molecular weight is 246 g/mol. The Hall–Kier alpha value is -1.49. The number of hydrogen-bond acceptors (Lipinski definition) is 3. The molecular weight excluding hydrogens is 234 g/mol. The van der Waals surface area contributed by atoms with Gasteiger partial charge in [0.25, 0.3) is 5.56 Å². The highest BCUT2D eigenvalue weighted by atomic mass is 35.5. The third-order valence-electron chi connectivity index (χ3n) is 2.07. The first-order chi connectivity index (χ1) is 7.50. The van der Waals surface area contributed by atoms with Gasteiger partial charge in [0.2, 0.25) is 0 Å². The van der Waals surface area contributed by atoms with E-state index in [-0.39, 0.29) is 11.4 Å². The normalized spacial score (nSPS) is 10.3. The van der Waals surface area contributed by atoms with Crippen molar-refractivity contribution in [1.82, 2.24) is 4.57 Å². The molecular formula is C10H12ClNO4. The highest BCUT2D eigenvalue weighted by molar-refractivity contribution is 6.30. The number of aryl methyl sites for hydroxylation is 1. The Kier molecular flexibility index (Phi) is 4.37. The zero-order valence-electron chi connectivity index (χ0n) is 8.52. The largest absolute Gasteiger partial charge is 0.503 e. The van der Waals surface area contributed by atoms with Crippen LogP contribution in [-0.4, -0.2) is 20.7 Å². The minimum Gasteiger partial charge on any atom is -0.503 e. The number of hydrogen-bond donors (Lipinski definition) is 2. The molecule has 0 fully saturated rings. The second-order valence-corrected chi connectivity index (χ2v) is 3.83. The van der Waals surface area contributed by atoms with E-state index in [1.807, 2.05) is 0 Å². The zero-order chi connectivity index (χ0) is 12.1. The number of rotatable bonds is 5. The summed E-state index contributed by atoms with van der Waals surface area (Å²) in [7, 11) is 0. The molecule has 0 saturated heterocycles. The lowest BCUT2D eigenvalue weighted by Crippen LogP contribution is -2.19. The van der Waals surface area contributed by atoms with Crippen molar-refractivity contribution in [3.8, 4) is 5.75 Å². The number of pyridine rings is 1. The van der Waals surface area contributed by atoms with Gasteiger partial charge in [-0.25, -0.2) is 0 Å². The van der Waals surface area contributed by atoms with Crippen LogP contribution in [-0.2, 0) is 11.3 Å². The van der Waals surface area contributed by atoms with Crippen LogP contribution >= 0.6 is 11.6 Å². The van der Waals surface area contributed by atoms with E-state index >= 15 is 0 Å². The van der Waals surface area contributed by atoms with E-state index in [0.717, 1.165) is 0 Å². The highest BCUT2D eigenvalue weighted by Crippen LogP contribution is 2.11. The lowest BCUT2D eigenvalue weighted by molar-refractivity contribution is -0.137. The Morgan fingerprint density at radius 2 is 2.12 bits per heavy atom.